The molecule has 0 aromatic heterocycles. The van der Waals surface area contributed by atoms with Crippen LogP contribution in [-0.2, 0) is 16.0 Å². The summed E-state index contributed by atoms with van der Waals surface area (Å²) in [6.07, 6.45) is 3.49. The Hall–Kier alpha value is -2.94. The molecule has 8 heteroatoms. The number of aryl methyl sites for hydroxylation is 1. The molecule has 6 atom stereocenters. The topological polar surface area (TPSA) is 102 Å². The number of hydrogen-bond acceptors (Lipinski definition) is 7. The van der Waals surface area contributed by atoms with Crippen molar-refractivity contribution in [2.24, 2.45) is 17.3 Å². The molecular formula is C32H41N3O5. The summed E-state index contributed by atoms with van der Waals surface area (Å²) in [5.74, 6) is 0.567. The van der Waals surface area contributed by atoms with Crippen LogP contribution in [0.3, 0.4) is 0 Å². The third kappa shape index (κ3) is 5.13. The quantitative estimate of drug-likeness (QED) is 0.492. The Kier molecular flexibility index (Phi) is 7.36. The number of amides is 1. The van der Waals surface area contributed by atoms with Gasteiger partial charge in [-0.3, -0.25) is 9.69 Å². The van der Waals surface area contributed by atoms with Gasteiger partial charge < -0.3 is 25.2 Å². The van der Waals surface area contributed by atoms with Crippen LogP contribution in [0.15, 0.2) is 42.5 Å². The van der Waals surface area contributed by atoms with Crippen LogP contribution in [0.25, 0.3) is 0 Å². The first-order valence-electron chi connectivity index (χ1n) is 14.7. The second kappa shape index (κ2) is 10.8. The Morgan fingerprint density at radius 2 is 1.80 bits per heavy atom. The number of esters is 1. The number of phenolic OH excluding ortho intramolecular Hbond substituents is 1. The molecule has 1 saturated heterocycles. The van der Waals surface area contributed by atoms with Crippen molar-refractivity contribution in [2.75, 3.05) is 45.1 Å². The third-order valence-corrected chi connectivity index (χ3v) is 10.2. The highest BCUT2D eigenvalue weighted by molar-refractivity contribution is 5.94. The van der Waals surface area contributed by atoms with Crippen molar-refractivity contribution in [2.45, 2.75) is 57.2 Å². The van der Waals surface area contributed by atoms with Crippen LogP contribution >= 0.6 is 0 Å². The smallest absolute Gasteiger partial charge is 0.338 e. The van der Waals surface area contributed by atoms with Crippen LogP contribution in [-0.4, -0.2) is 83.9 Å². The molecule has 4 aliphatic rings. The molecule has 1 amide bonds. The molecule has 2 aromatic rings. The van der Waals surface area contributed by atoms with Gasteiger partial charge in [-0.2, -0.15) is 0 Å². The molecule has 8 nitrogen and oxygen atoms in total. The van der Waals surface area contributed by atoms with Crippen molar-refractivity contribution in [1.29, 1.82) is 0 Å². The first-order valence-corrected chi connectivity index (χ1v) is 14.7. The number of hydrogen-bond donors (Lipinski definition) is 3. The molecule has 3 N–H and O–H groups in total. The highest BCUT2D eigenvalue weighted by Gasteiger charge is 2.58. The minimum atomic E-state index is -0.394. The van der Waals surface area contributed by atoms with Gasteiger partial charge in [0.05, 0.1) is 18.2 Å². The molecule has 1 heterocycles. The highest BCUT2D eigenvalue weighted by Crippen LogP contribution is 2.61. The second-order valence-electron chi connectivity index (χ2n) is 12.7. The lowest BCUT2D eigenvalue weighted by Gasteiger charge is -2.53. The number of rotatable bonds is 5. The largest absolute Gasteiger partial charge is 0.508 e. The lowest BCUT2D eigenvalue weighted by Crippen LogP contribution is -2.51. The van der Waals surface area contributed by atoms with E-state index in [1.807, 2.05) is 12.1 Å². The number of anilines is 1. The first-order chi connectivity index (χ1) is 19.2. The highest BCUT2D eigenvalue weighted by atomic mass is 16.5. The van der Waals surface area contributed by atoms with Gasteiger partial charge in [0.25, 0.3) is 0 Å². The normalized spacial score (nSPS) is 32.0. The number of phenols is 1. The summed E-state index contributed by atoms with van der Waals surface area (Å²) in [5, 5.41) is 24.0. The van der Waals surface area contributed by atoms with E-state index in [0.29, 0.717) is 36.1 Å². The lowest BCUT2D eigenvalue weighted by atomic mass is 9.54. The number of nitrogens with zero attached hydrogens (tertiary/aromatic N) is 2. The predicted molar refractivity (Wildman–Crippen MR) is 152 cm³/mol. The number of piperazine rings is 1. The summed E-state index contributed by atoms with van der Waals surface area (Å²) in [6.45, 7) is 6.18. The van der Waals surface area contributed by atoms with E-state index in [9.17, 15) is 19.8 Å². The Bertz CT molecular complexity index is 1260. The fourth-order valence-electron chi connectivity index (χ4n) is 8.01. The first kappa shape index (κ1) is 27.2. The monoisotopic (exact) mass is 547 g/mol. The maximum Gasteiger partial charge on any atom is 0.338 e. The fourth-order valence-corrected chi connectivity index (χ4v) is 8.01. The van der Waals surface area contributed by atoms with Gasteiger partial charge in [0, 0.05) is 43.2 Å². The zero-order valence-corrected chi connectivity index (χ0v) is 23.5. The van der Waals surface area contributed by atoms with Crippen LogP contribution in [0.4, 0.5) is 5.69 Å². The molecule has 0 bridgehead atoms. The third-order valence-electron chi connectivity index (χ3n) is 10.2. The maximum absolute atomic E-state index is 13.4. The molecule has 0 radical (unpaired) electrons. The Labute approximate surface area is 236 Å². The number of aromatic hydroxyl groups is 1. The van der Waals surface area contributed by atoms with E-state index in [4.69, 9.17) is 4.74 Å². The van der Waals surface area contributed by atoms with Crippen molar-refractivity contribution in [3.05, 3.63) is 59.2 Å². The predicted octanol–water partition coefficient (Wildman–Crippen LogP) is 3.63. The van der Waals surface area contributed by atoms with Gasteiger partial charge in [0.15, 0.2) is 0 Å². The number of carbonyl (C=O) groups is 2. The zero-order chi connectivity index (χ0) is 28.0. The summed E-state index contributed by atoms with van der Waals surface area (Å²) in [6, 6.07) is 12.5. The van der Waals surface area contributed by atoms with Gasteiger partial charge in [0.1, 0.15) is 11.9 Å². The Balaban J connectivity index is 1.16. The molecule has 1 aliphatic heterocycles. The van der Waals surface area contributed by atoms with E-state index < -0.39 is 6.10 Å². The maximum atomic E-state index is 13.4. The van der Waals surface area contributed by atoms with Crippen molar-refractivity contribution in [1.82, 2.24) is 9.80 Å². The molecule has 3 fully saturated rings. The van der Waals surface area contributed by atoms with Crippen LogP contribution in [0.5, 0.6) is 5.75 Å². The van der Waals surface area contributed by atoms with Gasteiger partial charge in [-0.05, 0) is 98.5 Å². The minimum absolute atomic E-state index is 0.0461. The summed E-state index contributed by atoms with van der Waals surface area (Å²) in [7, 11) is 2.09. The summed E-state index contributed by atoms with van der Waals surface area (Å²) in [4.78, 5) is 30.4. The van der Waals surface area contributed by atoms with E-state index in [0.717, 1.165) is 63.0 Å². The Morgan fingerprint density at radius 1 is 1.05 bits per heavy atom. The minimum Gasteiger partial charge on any atom is -0.508 e. The van der Waals surface area contributed by atoms with Gasteiger partial charge in [-0.15, -0.1) is 0 Å². The molecule has 214 valence electrons. The van der Waals surface area contributed by atoms with Crippen LogP contribution < -0.4 is 5.32 Å². The molecular weight excluding hydrogens is 506 g/mol. The molecule has 40 heavy (non-hydrogen) atoms. The number of aliphatic hydroxyl groups is 1. The van der Waals surface area contributed by atoms with Crippen molar-refractivity contribution >= 4 is 17.6 Å². The molecule has 2 aromatic carbocycles. The molecule has 3 aliphatic carbocycles. The van der Waals surface area contributed by atoms with E-state index >= 15 is 0 Å². The number of likely N-dealkylation sites (N-methyl/N-ethyl adjacent to an activating group) is 1. The molecule has 0 spiro atoms. The van der Waals surface area contributed by atoms with Crippen molar-refractivity contribution in [3.63, 3.8) is 0 Å². The average Bonchev–Trinajstić information content (AvgIpc) is 3.23. The van der Waals surface area contributed by atoms with Crippen LogP contribution in [0, 0.1) is 17.3 Å². The summed E-state index contributed by atoms with van der Waals surface area (Å²) in [5.41, 5.74) is 3.10. The molecule has 0 unspecified atom stereocenters. The van der Waals surface area contributed by atoms with Crippen molar-refractivity contribution < 1.29 is 24.5 Å². The van der Waals surface area contributed by atoms with Gasteiger partial charge >= 0.3 is 5.97 Å². The number of fused-ring (bicyclic) bond motifs is 5. The van der Waals surface area contributed by atoms with Crippen molar-refractivity contribution in [3.8, 4) is 5.75 Å². The number of ether oxygens (including phenoxy) is 1. The Morgan fingerprint density at radius 3 is 2.55 bits per heavy atom. The number of carbonyl (C=O) groups excluding carboxylic acids is 2. The van der Waals surface area contributed by atoms with E-state index in [-0.39, 0.29) is 35.1 Å². The number of aliphatic hydroxyl groups excluding tert-OH is 1. The number of nitrogens with one attached hydrogen (secondary N) is 1. The molecule has 6 rings (SSSR count). The fraction of sp³-hybridized carbons (Fsp3) is 0.562. The van der Waals surface area contributed by atoms with E-state index in [2.05, 4.69) is 29.1 Å². The van der Waals surface area contributed by atoms with E-state index in [1.54, 1.807) is 30.3 Å². The summed E-state index contributed by atoms with van der Waals surface area (Å²) < 4.78 is 6.28. The SMILES string of the molecule is CN1CCN(CC(=O)Nc2ccc(C(=O)O[C@@H]3C[C@]4(C)[C@@H](O)CC[C@H]4[C@@H]4CCc5cc(O)ccc5[C@H]43)cc2)CC1. The summed E-state index contributed by atoms with van der Waals surface area (Å²) >= 11 is 0. The standard InChI is InChI=1S/C32H41N3O5/c1-32-18-27(30-24-10-8-23(36)17-21(24)5-9-25(30)26(32)11-12-28(32)37)40-31(39)20-3-6-22(7-4-20)33-29(38)19-35-15-13-34(2)14-16-35/h3-4,6-8,10,17,25-28,30,36-37H,5,9,11-16,18-19H2,1-2H3,(H,33,38)/t25-,26-,27+,28-,30+,32-/m0/s1. The lowest BCUT2D eigenvalue weighted by molar-refractivity contribution is -0.117. The van der Waals surface area contributed by atoms with Crippen LogP contribution in [0.1, 0.15) is 60.0 Å². The van der Waals surface area contributed by atoms with Crippen LogP contribution in [0.2, 0.25) is 0 Å². The average molecular weight is 548 g/mol. The van der Waals surface area contributed by atoms with Gasteiger partial charge in [-0.1, -0.05) is 13.0 Å². The van der Waals surface area contributed by atoms with Gasteiger partial charge in [-0.25, -0.2) is 4.79 Å². The second-order valence-corrected chi connectivity index (χ2v) is 12.7. The number of benzene rings is 2. The van der Waals surface area contributed by atoms with Gasteiger partial charge in [0.2, 0.25) is 5.91 Å². The van der Waals surface area contributed by atoms with E-state index in [1.165, 1.54) is 0 Å². The molecule has 2 saturated carbocycles. The zero-order valence-electron chi connectivity index (χ0n) is 23.5.